The Bertz CT molecular complexity index is 321. The molecule has 0 saturated heterocycles. The van der Waals surface area contributed by atoms with Gasteiger partial charge in [0.15, 0.2) is 0 Å². The zero-order chi connectivity index (χ0) is 15.7. The first-order chi connectivity index (χ1) is 9.20. The summed E-state index contributed by atoms with van der Waals surface area (Å²) in [7, 11) is 0. The average molecular weight is 299 g/mol. The predicted molar refractivity (Wildman–Crippen MR) is 66.2 cm³/mol. The van der Waals surface area contributed by atoms with E-state index in [2.05, 4.69) is 19.4 Å². The van der Waals surface area contributed by atoms with E-state index < -0.39 is 23.9 Å². The van der Waals surface area contributed by atoms with Crippen molar-refractivity contribution in [1.82, 2.24) is 10.5 Å². The normalized spacial score (nSPS) is 9.62. The first-order valence-electron chi connectivity index (χ1n) is 5.50. The van der Waals surface area contributed by atoms with Gasteiger partial charge in [0, 0.05) is 57.0 Å². The first kappa shape index (κ1) is 21.7. The van der Waals surface area contributed by atoms with E-state index in [4.69, 9.17) is 0 Å². The van der Waals surface area contributed by atoms with Crippen LogP contribution in [0.2, 0.25) is 0 Å². The van der Waals surface area contributed by atoms with Gasteiger partial charge in [0.05, 0.1) is 13.1 Å². The van der Waals surface area contributed by atoms with Crippen LogP contribution < -0.4 is 0 Å². The maximum Gasteiger partial charge on any atom is 0.326 e. The van der Waals surface area contributed by atoms with Gasteiger partial charge in [0.2, 0.25) is 0 Å². The minimum Gasteiger partial charge on any atom is -0.333 e. The van der Waals surface area contributed by atoms with E-state index in [-0.39, 0.29) is 32.0 Å². The summed E-state index contributed by atoms with van der Waals surface area (Å²) in [5, 5.41) is 1.15. The molecule has 0 bridgehead atoms. The molecule has 0 aromatic rings. The van der Waals surface area contributed by atoms with Crippen molar-refractivity contribution < 1.29 is 38.5 Å². The molecular weight excluding hydrogens is 283 g/mol. The van der Waals surface area contributed by atoms with E-state index >= 15 is 0 Å². The molecular formula is C10H16LiN2O8. The molecule has 0 saturated carbocycles. The Balaban J connectivity index is 0. The molecule has 0 aromatic heterocycles. The van der Waals surface area contributed by atoms with Crippen LogP contribution in [0, 0.1) is 0 Å². The molecule has 0 heterocycles. The fourth-order valence-corrected chi connectivity index (χ4v) is 0.957. The number of hydrogen-bond acceptors (Lipinski definition) is 10. The van der Waals surface area contributed by atoms with E-state index in [0.29, 0.717) is 10.5 Å². The van der Waals surface area contributed by atoms with Crippen molar-refractivity contribution in [1.29, 1.82) is 0 Å². The van der Waals surface area contributed by atoms with E-state index in [1.807, 2.05) is 0 Å². The fraction of sp³-hybridized carbons (Fsp3) is 0.600. The average Bonchev–Trinajstić information content (AvgIpc) is 2.22. The van der Waals surface area contributed by atoms with Crippen LogP contribution in [0.25, 0.3) is 0 Å². The summed E-state index contributed by atoms with van der Waals surface area (Å²) >= 11 is 0. The second-order valence-electron chi connectivity index (χ2n) is 3.44. The number of carbonyl (C=O) groups excluding carboxylic acids is 4. The topological polar surface area (TPSA) is 112 Å². The number of carbonyl (C=O) groups is 4. The summed E-state index contributed by atoms with van der Waals surface area (Å²) in [4.78, 5) is 61.4. The van der Waals surface area contributed by atoms with Crippen LogP contribution in [0.1, 0.15) is 27.7 Å². The van der Waals surface area contributed by atoms with E-state index in [0.717, 1.165) is 27.7 Å². The number of hydroxylamine groups is 4. The maximum atomic E-state index is 10.8. The Morgan fingerprint density at radius 3 is 0.952 bits per heavy atom. The van der Waals surface area contributed by atoms with Crippen LogP contribution in [0.5, 0.6) is 0 Å². The summed E-state index contributed by atoms with van der Waals surface area (Å²) in [6.45, 7) is 3.97. The van der Waals surface area contributed by atoms with E-state index in [1.165, 1.54) is 0 Å². The Morgan fingerprint density at radius 2 is 0.810 bits per heavy atom. The summed E-state index contributed by atoms with van der Waals surface area (Å²) in [5.41, 5.74) is 0. The van der Waals surface area contributed by atoms with Crippen molar-refractivity contribution in [2.24, 2.45) is 0 Å². The Morgan fingerprint density at radius 1 is 0.619 bits per heavy atom. The minimum atomic E-state index is -0.724. The zero-order valence-corrected chi connectivity index (χ0v) is 12.6. The predicted octanol–water partition coefficient (Wildman–Crippen LogP) is -0.878. The molecule has 0 amide bonds. The molecule has 0 aliphatic rings. The molecule has 0 unspecified atom stereocenters. The van der Waals surface area contributed by atoms with Crippen molar-refractivity contribution in [2.45, 2.75) is 27.7 Å². The third-order valence-electron chi connectivity index (χ3n) is 1.39. The summed E-state index contributed by atoms with van der Waals surface area (Å²) in [6, 6.07) is 0. The molecule has 0 fully saturated rings. The molecule has 21 heavy (non-hydrogen) atoms. The molecule has 0 N–H and O–H groups in total. The van der Waals surface area contributed by atoms with Gasteiger partial charge < -0.3 is 19.4 Å². The third kappa shape index (κ3) is 13.1. The van der Waals surface area contributed by atoms with Crippen LogP contribution in [0.4, 0.5) is 0 Å². The van der Waals surface area contributed by atoms with Gasteiger partial charge in [-0.15, -0.1) is 0 Å². The molecule has 115 valence electrons. The molecule has 0 spiro atoms. The van der Waals surface area contributed by atoms with Crippen LogP contribution >= 0.6 is 0 Å². The van der Waals surface area contributed by atoms with E-state index in [1.54, 1.807) is 0 Å². The van der Waals surface area contributed by atoms with Crippen molar-refractivity contribution in [3.63, 3.8) is 0 Å². The summed E-state index contributed by atoms with van der Waals surface area (Å²) in [5.74, 6) is -2.90. The van der Waals surface area contributed by atoms with Gasteiger partial charge >= 0.3 is 23.9 Å². The van der Waals surface area contributed by atoms with E-state index in [9.17, 15) is 19.2 Å². The number of hydrogen-bond donors (Lipinski definition) is 0. The molecule has 0 rings (SSSR count). The van der Waals surface area contributed by atoms with Crippen LogP contribution in [0.3, 0.4) is 0 Å². The van der Waals surface area contributed by atoms with Crippen LogP contribution in [-0.4, -0.2) is 66.3 Å². The molecule has 1 radical (unpaired) electrons. The monoisotopic (exact) mass is 299 g/mol. The largest absolute Gasteiger partial charge is 0.333 e. The Hall–Kier alpha value is -1.60. The molecule has 0 atom stereocenters. The number of rotatable bonds is 7. The van der Waals surface area contributed by atoms with Gasteiger partial charge in [-0.2, -0.15) is 0 Å². The molecule has 0 aromatic carbocycles. The molecule has 0 aliphatic carbocycles. The minimum absolute atomic E-state index is 0. The Kier molecular flexibility index (Phi) is 11.5. The molecule has 10 nitrogen and oxygen atoms in total. The van der Waals surface area contributed by atoms with Crippen molar-refractivity contribution in [3.8, 4) is 0 Å². The summed E-state index contributed by atoms with van der Waals surface area (Å²) < 4.78 is 0. The molecule has 11 heteroatoms. The maximum absolute atomic E-state index is 10.8. The van der Waals surface area contributed by atoms with Crippen LogP contribution in [0.15, 0.2) is 0 Å². The standard InChI is InChI=1S/C10H16N2O8.Li/c1-7(13)17-11(18-8(2)14)5-6-12(19-9(3)15)20-10(4)16;/h5-6H2,1-4H3;. The van der Waals surface area contributed by atoms with Gasteiger partial charge in [0.25, 0.3) is 0 Å². The quantitative estimate of drug-likeness (QED) is 0.434. The molecule has 0 aliphatic heterocycles. The SMILES string of the molecule is CC(=O)ON(CCN(OC(C)=O)OC(C)=O)OC(C)=O.[Li]. The van der Waals surface area contributed by atoms with Crippen LogP contribution in [-0.2, 0) is 38.5 Å². The third-order valence-corrected chi connectivity index (χ3v) is 1.39. The van der Waals surface area contributed by atoms with Crippen molar-refractivity contribution >= 4 is 42.7 Å². The first-order valence-corrected chi connectivity index (χ1v) is 5.50. The van der Waals surface area contributed by atoms with Gasteiger partial charge in [-0.25, -0.2) is 0 Å². The second kappa shape index (κ2) is 11.1. The van der Waals surface area contributed by atoms with Gasteiger partial charge in [0.1, 0.15) is 0 Å². The van der Waals surface area contributed by atoms with Gasteiger partial charge in [-0.3, -0.25) is 19.2 Å². The Labute approximate surface area is 133 Å². The second-order valence-corrected chi connectivity index (χ2v) is 3.44. The fourth-order valence-electron chi connectivity index (χ4n) is 0.957. The van der Waals surface area contributed by atoms with Crippen molar-refractivity contribution in [2.75, 3.05) is 13.1 Å². The zero-order valence-electron chi connectivity index (χ0n) is 12.6. The van der Waals surface area contributed by atoms with Gasteiger partial charge in [-0.05, 0) is 0 Å². The summed E-state index contributed by atoms with van der Waals surface area (Å²) in [6.07, 6.45) is 0. The smallest absolute Gasteiger partial charge is 0.326 e. The van der Waals surface area contributed by atoms with Gasteiger partial charge in [-0.1, -0.05) is 0 Å². The van der Waals surface area contributed by atoms with Crippen molar-refractivity contribution in [3.05, 3.63) is 0 Å². The number of nitrogens with zero attached hydrogens (tertiary/aromatic N) is 2.